The number of hydrogen-bond acceptors (Lipinski definition) is 4. The van der Waals surface area contributed by atoms with Crippen molar-refractivity contribution in [3.63, 3.8) is 0 Å². The summed E-state index contributed by atoms with van der Waals surface area (Å²) >= 11 is 0. The van der Waals surface area contributed by atoms with Crippen molar-refractivity contribution in [2.24, 2.45) is 28.2 Å². The Morgan fingerprint density at radius 3 is 1.10 bits per heavy atom. The minimum absolute atomic E-state index is 0.0639. The van der Waals surface area contributed by atoms with Gasteiger partial charge in [0.2, 0.25) is 28.3 Å². The van der Waals surface area contributed by atoms with Crippen LogP contribution in [0.3, 0.4) is 0 Å². The third-order valence-electron chi connectivity index (χ3n) is 28.1. The van der Waals surface area contributed by atoms with Crippen LogP contribution in [0.2, 0.25) is 0 Å². The Morgan fingerprint density at radius 1 is 0.248 bits per heavy atom. The molecule has 0 saturated heterocycles. The van der Waals surface area contributed by atoms with Gasteiger partial charge < -0.3 is 0 Å². The van der Waals surface area contributed by atoms with Crippen molar-refractivity contribution in [1.29, 1.82) is 0 Å². The first-order valence-electron chi connectivity index (χ1n) is 43.7. The maximum Gasteiger partial charge on any atom is 0.213 e. The normalized spacial score (nSPS) is 15.0. The molecule has 8 aromatic carbocycles. The average molecular weight is 1580 g/mol. The van der Waals surface area contributed by atoms with Crippen molar-refractivity contribution in [3.05, 3.63) is 357 Å². The lowest BCUT2D eigenvalue weighted by atomic mass is 9.78. The number of nitrogens with zero attached hydrogens (tertiary/aromatic N) is 8. The Bertz CT molecular complexity index is 6810. The third-order valence-corrected chi connectivity index (χ3v) is 28.1. The van der Waals surface area contributed by atoms with E-state index in [1.807, 2.05) is 0 Å². The van der Waals surface area contributed by atoms with Crippen LogP contribution in [0, 0.1) is 62.3 Å². The zero-order chi connectivity index (χ0) is 83.9. The molecule has 0 unspecified atom stereocenters. The molecule has 22 rings (SSSR count). The summed E-state index contributed by atoms with van der Waals surface area (Å²) in [5.74, 6) is 0. The van der Waals surface area contributed by atoms with Gasteiger partial charge in [0.05, 0.1) is 22.8 Å². The fraction of sp³-hybridized carbons (Fsp3) is 0.257. The molecule has 121 heavy (non-hydrogen) atoms. The molecule has 8 aromatic heterocycles. The van der Waals surface area contributed by atoms with Gasteiger partial charge in [0.25, 0.3) is 0 Å². The molecule has 0 N–H and O–H groups in total. The van der Waals surface area contributed by atoms with Gasteiger partial charge in [-0.1, -0.05) is 193 Å². The standard InChI is InChI=1S/C31H31N2.C30H29N2.2C26H25N2/c1-20-16-28-26(24-13-12-22(3)32-30(24)31(28)14-8-9-15-31)18-25(20)29-17-21(2)27(19-33(29)4)23-10-6-5-7-11-23;1-20-17-27-26(24-13-11-21(2)31-29(24)30(27)15-7-8-16-30)18-25(20)28-14-12-23(19-32(28)3)22-9-5-4-6-10-22;1-16-14-22-21(19-12-10-17(2)27-25(19)26(22,3)4)15-20(16)24-13-11-18-8-6-7-9-23(18)28(24)5;1-16-12-23-22(20-11-10-17(2)27-25(20)26(23,3)4)14-21(16)24-13-18-8-6-7-9-19(18)15-28(24)5/h5-7,10-13,16-19H,8-9,14-15H2,1-4H3;4-6,9-14,17-19H,7-8,15-16H2,1-3H3;2*6-15H,1-5H3/q4*+1. The van der Waals surface area contributed by atoms with Gasteiger partial charge in [-0.3, -0.25) is 19.9 Å². The van der Waals surface area contributed by atoms with Crippen LogP contribution in [0.4, 0.5) is 0 Å². The molecule has 2 fully saturated rings. The predicted octanol–water partition coefficient (Wildman–Crippen LogP) is 25.0. The van der Waals surface area contributed by atoms with Gasteiger partial charge in [0.15, 0.2) is 18.6 Å². The average Bonchev–Trinajstić information content (AvgIpc) is 1.56. The van der Waals surface area contributed by atoms with Crippen molar-refractivity contribution >= 4 is 21.7 Å². The van der Waals surface area contributed by atoms with E-state index in [0.29, 0.717) is 0 Å². The SMILES string of the molecule is Cc1ccc2c(n1)C(C)(C)c1cc(C)c(-c3cc4ccccc4c[n+]3C)cc1-2.Cc1ccc2c(n1)C(C)(C)c1cc(C)c(-c3ccc4ccccc4[n+]3C)cc1-2.Cc1ccc2c(n1)C1(CCCC1)c1cc(C)c(-c3cc(C)c(-c4ccccc4)c[n+]3C)cc1-2.Cc1ccc2c(n1)C1(CCCC1)c1cc(C)c(-c3ccc(-c4ccccc4)c[n+]3C)cc1-2. The van der Waals surface area contributed by atoms with Crippen molar-refractivity contribution in [2.45, 2.75) is 163 Å². The minimum atomic E-state index is -0.0639. The molecule has 8 nitrogen and oxygen atoms in total. The molecule has 0 aliphatic heterocycles. The molecule has 8 heterocycles. The zero-order valence-corrected chi connectivity index (χ0v) is 73.6. The summed E-state index contributed by atoms with van der Waals surface area (Å²) < 4.78 is 9.11. The first-order chi connectivity index (χ1) is 58.3. The van der Waals surface area contributed by atoms with Crippen molar-refractivity contribution in [3.8, 4) is 112 Å². The molecule has 0 amide bonds. The zero-order valence-electron chi connectivity index (χ0n) is 73.6. The van der Waals surface area contributed by atoms with Gasteiger partial charge in [-0.25, -0.2) is 13.7 Å². The third kappa shape index (κ3) is 13.2. The Balaban J connectivity index is 0.000000107. The monoisotopic (exact) mass is 1580 g/mol. The van der Waals surface area contributed by atoms with Gasteiger partial charge in [-0.2, -0.15) is 4.57 Å². The van der Waals surface area contributed by atoms with Crippen molar-refractivity contribution in [1.82, 2.24) is 19.9 Å². The summed E-state index contributed by atoms with van der Waals surface area (Å²) in [7, 11) is 8.63. The summed E-state index contributed by atoms with van der Waals surface area (Å²) in [6.07, 6.45) is 16.8. The Morgan fingerprint density at radius 2 is 0.612 bits per heavy atom. The van der Waals surface area contributed by atoms with Crippen LogP contribution < -0.4 is 18.3 Å². The van der Waals surface area contributed by atoms with E-state index < -0.39 is 0 Å². The molecule has 6 aliphatic carbocycles. The molecule has 2 saturated carbocycles. The Kier molecular flexibility index (Phi) is 19.4. The van der Waals surface area contributed by atoms with Crippen molar-refractivity contribution < 1.29 is 18.3 Å². The number of fused-ring (bicyclic) bond motifs is 18. The minimum Gasteiger partial charge on any atom is -0.257 e. The number of benzene rings is 8. The van der Waals surface area contributed by atoms with Gasteiger partial charge in [0, 0.05) is 141 Å². The van der Waals surface area contributed by atoms with E-state index in [1.54, 1.807) is 0 Å². The van der Waals surface area contributed by atoms with Gasteiger partial charge in [-0.05, 0) is 250 Å². The lowest BCUT2D eigenvalue weighted by molar-refractivity contribution is -0.660. The van der Waals surface area contributed by atoms with E-state index in [1.165, 1.54) is 258 Å². The number of para-hydroxylation sites is 1. The van der Waals surface area contributed by atoms with Crippen LogP contribution in [0.25, 0.3) is 133 Å². The summed E-state index contributed by atoms with van der Waals surface area (Å²) in [6, 6.07) is 89.0. The molecule has 0 radical (unpaired) electrons. The largest absolute Gasteiger partial charge is 0.257 e. The topological polar surface area (TPSA) is 67.1 Å². The Hall–Kier alpha value is -12.5. The van der Waals surface area contributed by atoms with E-state index in [9.17, 15) is 0 Å². The molecular weight excluding hydrogens is 1470 g/mol. The number of aryl methyl sites for hydroxylation is 13. The van der Waals surface area contributed by atoms with Crippen LogP contribution in [-0.2, 0) is 49.9 Å². The number of hydrogen-bond donors (Lipinski definition) is 0. The van der Waals surface area contributed by atoms with Gasteiger partial charge in [0.1, 0.15) is 28.2 Å². The highest BCUT2D eigenvalue weighted by molar-refractivity contribution is 5.91. The van der Waals surface area contributed by atoms with Crippen LogP contribution in [-0.4, -0.2) is 19.9 Å². The highest BCUT2D eigenvalue weighted by Gasteiger charge is 2.49. The smallest absolute Gasteiger partial charge is 0.213 e. The maximum atomic E-state index is 5.11. The quantitative estimate of drug-likeness (QED) is 0.156. The van der Waals surface area contributed by atoms with Gasteiger partial charge in [-0.15, -0.1) is 0 Å². The maximum absolute atomic E-state index is 5.11. The molecular formula is C113H110N8+4. The first-order valence-corrected chi connectivity index (χ1v) is 43.7. The molecule has 0 bridgehead atoms. The highest BCUT2D eigenvalue weighted by atomic mass is 14.9. The highest BCUT2D eigenvalue weighted by Crippen LogP contribution is 2.60. The number of rotatable bonds is 6. The van der Waals surface area contributed by atoms with Crippen molar-refractivity contribution in [2.75, 3.05) is 0 Å². The molecule has 16 aromatic rings. The fourth-order valence-electron chi connectivity index (χ4n) is 21.7. The van der Waals surface area contributed by atoms with Gasteiger partial charge >= 0.3 is 0 Å². The molecule has 598 valence electrons. The number of aromatic nitrogens is 8. The second-order valence-electron chi connectivity index (χ2n) is 36.8. The van der Waals surface area contributed by atoms with E-state index in [-0.39, 0.29) is 21.7 Å². The molecule has 2 spiro atoms. The fourth-order valence-corrected chi connectivity index (χ4v) is 21.7. The summed E-state index contributed by atoms with van der Waals surface area (Å²) in [5.41, 5.74) is 49.1. The Labute approximate surface area is 715 Å². The predicted molar refractivity (Wildman–Crippen MR) is 496 cm³/mol. The second-order valence-corrected chi connectivity index (χ2v) is 36.8. The summed E-state index contributed by atoms with van der Waals surface area (Å²) in [6.45, 7) is 28.8. The first kappa shape index (κ1) is 78.3. The van der Waals surface area contributed by atoms with Crippen LogP contribution >= 0.6 is 0 Å². The van der Waals surface area contributed by atoms with E-state index in [2.05, 4.69) is 398 Å². The molecule has 8 heteroatoms. The summed E-state index contributed by atoms with van der Waals surface area (Å²) in [5, 5.41) is 3.80. The van der Waals surface area contributed by atoms with E-state index >= 15 is 0 Å². The second kappa shape index (κ2) is 30.0. The van der Waals surface area contributed by atoms with E-state index in [4.69, 9.17) is 19.9 Å². The van der Waals surface area contributed by atoms with Crippen LogP contribution in [0.15, 0.2) is 261 Å². The lowest BCUT2D eigenvalue weighted by Gasteiger charge is -2.26. The van der Waals surface area contributed by atoms with Crippen LogP contribution in [0.1, 0.15) is 175 Å². The summed E-state index contributed by atoms with van der Waals surface area (Å²) in [4.78, 5) is 20.0. The number of pyridine rings is 8. The molecule has 0 atom stereocenters. The van der Waals surface area contributed by atoms with E-state index in [0.717, 1.165) is 22.8 Å². The molecule has 6 aliphatic rings. The lowest BCUT2D eigenvalue weighted by Crippen LogP contribution is -2.32. The van der Waals surface area contributed by atoms with Crippen LogP contribution in [0.5, 0.6) is 0 Å².